The Balaban J connectivity index is 1.83. The van der Waals surface area contributed by atoms with Gasteiger partial charge in [0.2, 0.25) is 0 Å². The standard InChI is InChI=1S/C20H19N3O/c21-17-11-13-18(14-12-17)22-20(24)23(19-9-5-2-6-10-19)15-16-7-3-1-4-8-16/h1-14H,15,21H2,(H,22,24). The molecule has 3 aromatic carbocycles. The maximum atomic E-state index is 12.8. The largest absolute Gasteiger partial charge is 0.399 e. The van der Waals surface area contributed by atoms with E-state index in [-0.39, 0.29) is 6.03 Å². The Bertz CT molecular complexity index is 786. The molecule has 0 fully saturated rings. The van der Waals surface area contributed by atoms with Gasteiger partial charge in [-0.3, -0.25) is 4.90 Å². The van der Waals surface area contributed by atoms with Gasteiger partial charge in [0.15, 0.2) is 0 Å². The van der Waals surface area contributed by atoms with E-state index in [0.29, 0.717) is 17.9 Å². The van der Waals surface area contributed by atoms with Gasteiger partial charge in [-0.2, -0.15) is 0 Å². The normalized spacial score (nSPS) is 10.2. The minimum atomic E-state index is -0.185. The number of hydrogen-bond acceptors (Lipinski definition) is 2. The van der Waals surface area contributed by atoms with Gasteiger partial charge >= 0.3 is 6.03 Å². The van der Waals surface area contributed by atoms with Crippen LogP contribution in [0.15, 0.2) is 84.9 Å². The zero-order valence-corrected chi connectivity index (χ0v) is 13.2. The van der Waals surface area contributed by atoms with E-state index in [4.69, 9.17) is 5.73 Å². The summed E-state index contributed by atoms with van der Waals surface area (Å²) in [7, 11) is 0. The number of amides is 2. The molecule has 0 saturated heterocycles. The first-order chi connectivity index (χ1) is 11.7. The number of benzene rings is 3. The average molecular weight is 317 g/mol. The number of rotatable bonds is 4. The Morgan fingerprint density at radius 1 is 0.833 bits per heavy atom. The van der Waals surface area contributed by atoms with E-state index < -0.39 is 0 Å². The Morgan fingerprint density at radius 2 is 1.42 bits per heavy atom. The first kappa shape index (κ1) is 15.6. The van der Waals surface area contributed by atoms with Crippen LogP contribution in [0.1, 0.15) is 5.56 Å². The fraction of sp³-hybridized carbons (Fsp3) is 0.0500. The third-order valence-corrected chi connectivity index (χ3v) is 3.66. The van der Waals surface area contributed by atoms with Gasteiger partial charge in [-0.1, -0.05) is 48.5 Å². The third-order valence-electron chi connectivity index (χ3n) is 3.66. The molecule has 3 rings (SSSR count). The van der Waals surface area contributed by atoms with Crippen molar-refractivity contribution >= 4 is 23.1 Å². The van der Waals surface area contributed by atoms with Crippen LogP contribution in [0, 0.1) is 0 Å². The molecule has 0 spiro atoms. The van der Waals surface area contributed by atoms with E-state index in [1.54, 1.807) is 29.2 Å². The Morgan fingerprint density at radius 3 is 2.04 bits per heavy atom. The van der Waals surface area contributed by atoms with Crippen molar-refractivity contribution in [3.8, 4) is 0 Å². The van der Waals surface area contributed by atoms with Gasteiger partial charge in [0, 0.05) is 17.1 Å². The first-order valence-corrected chi connectivity index (χ1v) is 7.75. The molecule has 0 unspecified atom stereocenters. The third kappa shape index (κ3) is 3.93. The lowest BCUT2D eigenvalue weighted by Gasteiger charge is -2.23. The molecule has 2 amide bonds. The van der Waals surface area contributed by atoms with Crippen LogP contribution >= 0.6 is 0 Å². The molecule has 0 atom stereocenters. The second-order valence-corrected chi connectivity index (χ2v) is 5.46. The summed E-state index contributed by atoms with van der Waals surface area (Å²) in [6.07, 6.45) is 0. The van der Waals surface area contributed by atoms with Crippen molar-refractivity contribution in [2.45, 2.75) is 6.54 Å². The number of nitrogen functional groups attached to an aromatic ring is 1. The van der Waals surface area contributed by atoms with Crippen LogP contribution in [0.2, 0.25) is 0 Å². The number of carbonyl (C=O) groups is 1. The number of nitrogens with zero attached hydrogens (tertiary/aromatic N) is 1. The molecule has 3 aromatic rings. The zero-order chi connectivity index (χ0) is 16.8. The summed E-state index contributed by atoms with van der Waals surface area (Å²) < 4.78 is 0. The monoisotopic (exact) mass is 317 g/mol. The van der Waals surface area contributed by atoms with E-state index in [1.165, 1.54) is 0 Å². The second kappa shape index (κ2) is 7.33. The van der Waals surface area contributed by atoms with E-state index in [0.717, 1.165) is 11.3 Å². The minimum Gasteiger partial charge on any atom is -0.399 e. The summed E-state index contributed by atoms with van der Waals surface area (Å²) >= 11 is 0. The molecule has 3 N–H and O–H groups in total. The summed E-state index contributed by atoms with van der Waals surface area (Å²) in [5.41, 5.74) is 8.97. The van der Waals surface area contributed by atoms with E-state index in [1.807, 2.05) is 60.7 Å². The molecule has 0 heterocycles. The molecule has 4 heteroatoms. The fourth-order valence-electron chi connectivity index (χ4n) is 2.41. The number of nitrogens with two attached hydrogens (primary N) is 1. The van der Waals surface area contributed by atoms with E-state index in [2.05, 4.69) is 5.32 Å². The van der Waals surface area contributed by atoms with Crippen LogP contribution in [0.3, 0.4) is 0 Å². The molecule has 4 nitrogen and oxygen atoms in total. The van der Waals surface area contributed by atoms with E-state index in [9.17, 15) is 4.79 Å². The molecule has 0 radical (unpaired) electrons. The van der Waals surface area contributed by atoms with E-state index >= 15 is 0 Å². The number of para-hydroxylation sites is 1. The molecular weight excluding hydrogens is 298 g/mol. The predicted octanol–water partition coefficient (Wildman–Crippen LogP) is 4.51. The lowest BCUT2D eigenvalue weighted by Crippen LogP contribution is -2.34. The van der Waals surface area contributed by atoms with Gasteiger partial charge in [0.05, 0.1) is 6.54 Å². The zero-order valence-electron chi connectivity index (χ0n) is 13.2. The summed E-state index contributed by atoms with van der Waals surface area (Å²) in [5, 5.41) is 2.92. The quantitative estimate of drug-likeness (QED) is 0.696. The van der Waals surface area contributed by atoms with Crippen molar-refractivity contribution in [3.63, 3.8) is 0 Å². The highest BCUT2D eigenvalue weighted by Crippen LogP contribution is 2.19. The smallest absolute Gasteiger partial charge is 0.326 e. The predicted molar refractivity (Wildman–Crippen MR) is 98.9 cm³/mol. The highest BCUT2D eigenvalue weighted by Gasteiger charge is 2.16. The number of nitrogens with one attached hydrogen (secondary N) is 1. The van der Waals surface area contributed by atoms with Crippen molar-refractivity contribution in [2.24, 2.45) is 0 Å². The summed E-state index contributed by atoms with van der Waals surface area (Å²) in [5.74, 6) is 0. The number of hydrogen-bond donors (Lipinski definition) is 2. The van der Waals surface area contributed by atoms with Gasteiger partial charge in [-0.25, -0.2) is 4.79 Å². The molecule has 0 aliphatic heterocycles. The number of carbonyl (C=O) groups excluding carboxylic acids is 1. The SMILES string of the molecule is Nc1ccc(NC(=O)N(Cc2ccccc2)c2ccccc2)cc1. The first-order valence-electron chi connectivity index (χ1n) is 7.75. The van der Waals surface area contributed by atoms with Gasteiger partial charge in [-0.15, -0.1) is 0 Å². The highest BCUT2D eigenvalue weighted by molar-refractivity contribution is 6.01. The molecular formula is C20H19N3O. The molecule has 0 aliphatic carbocycles. The minimum absolute atomic E-state index is 0.185. The second-order valence-electron chi connectivity index (χ2n) is 5.46. The van der Waals surface area contributed by atoms with Crippen LogP contribution in [-0.4, -0.2) is 6.03 Å². The Labute approximate surface area is 141 Å². The van der Waals surface area contributed by atoms with Crippen molar-refractivity contribution in [3.05, 3.63) is 90.5 Å². The lowest BCUT2D eigenvalue weighted by atomic mass is 10.2. The van der Waals surface area contributed by atoms with Crippen LogP contribution in [0.25, 0.3) is 0 Å². The summed E-state index contributed by atoms with van der Waals surface area (Å²) in [4.78, 5) is 14.5. The number of urea groups is 1. The van der Waals surface area contributed by atoms with Crippen LogP contribution in [0.4, 0.5) is 21.9 Å². The summed E-state index contributed by atoms with van der Waals surface area (Å²) in [6, 6.07) is 26.5. The Kier molecular flexibility index (Phi) is 4.77. The van der Waals surface area contributed by atoms with Gasteiger partial charge in [0.25, 0.3) is 0 Å². The molecule has 120 valence electrons. The molecule has 0 aromatic heterocycles. The highest BCUT2D eigenvalue weighted by atomic mass is 16.2. The van der Waals surface area contributed by atoms with Gasteiger partial charge < -0.3 is 11.1 Å². The van der Waals surface area contributed by atoms with Crippen molar-refractivity contribution in [1.82, 2.24) is 0 Å². The molecule has 0 bridgehead atoms. The Hall–Kier alpha value is -3.27. The molecule has 24 heavy (non-hydrogen) atoms. The van der Waals surface area contributed by atoms with Crippen molar-refractivity contribution < 1.29 is 4.79 Å². The number of anilines is 3. The van der Waals surface area contributed by atoms with Crippen LogP contribution in [-0.2, 0) is 6.54 Å². The van der Waals surface area contributed by atoms with Crippen molar-refractivity contribution in [2.75, 3.05) is 16.0 Å². The van der Waals surface area contributed by atoms with Gasteiger partial charge in [-0.05, 0) is 42.0 Å². The summed E-state index contributed by atoms with van der Waals surface area (Å²) in [6.45, 7) is 0.492. The average Bonchev–Trinajstić information content (AvgIpc) is 2.63. The molecule has 0 aliphatic rings. The molecule has 0 saturated carbocycles. The lowest BCUT2D eigenvalue weighted by molar-refractivity contribution is 0.256. The maximum absolute atomic E-state index is 12.8. The van der Waals surface area contributed by atoms with Crippen LogP contribution < -0.4 is 16.0 Å². The van der Waals surface area contributed by atoms with Crippen LogP contribution in [0.5, 0.6) is 0 Å². The van der Waals surface area contributed by atoms with Crippen molar-refractivity contribution in [1.29, 1.82) is 0 Å². The fourth-order valence-corrected chi connectivity index (χ4v) is 2.41. The van der Waals surface area contributed by atoms with Gasteiger partial charge in [0.1, 0.15) is 0 Å². The maximum Gasteiger partial charge on any atom is 0.326 e. The topological polar surface area (TPSA) is 58.4 Å².